The summed E-state index contributed by atoms with van der Waals surface area (Å²) < 4.78 is 0. The molecule has 0 heterocycles. The third-order valence-corrected chi connectivity index (χ3v) is 2.20. The molecule has 0 saturated heterocycles. The van der Waals surface area contributed by atoms with Crippen LogP contribution in [0.25, 0.3) is 0 Å². The SMILES string of the molecule is Cc1ccc(NC(C)N(C)C)cc1. The summed E-state index contributed by atoms with van der Waals surface area (Å²) in [6.07, 6.45) is 0.364. The lowest BCUT2D eigenvalue weighted by atomic mass is 10.2. The van der Waals surface area contributed by atoms with Gasteiger partial charge in [-0.1, -0.05) is 17.7 Å². The molecular formula is C11H18N2. The lowest BCUT2D eigenvalue weighted by molar-refractivity contribution is 0.343. The molecule has 13 heavy (non-hydrogen) atoms. The summed E-state index contributed by atoms with van der Waals surface area (Å²) in [5.74, 6) is 0. The van der Waals surface area contributed by atoms with Crippen molar-refractivity contribution in [1.29, 1.82) is 0 Å². The monoisotopic (exact) mass is 178 g/mol. The molecule has 0 aliphatic carbocycles. The molecule has 0 bridgehead atoms. The topological polar surface area (TPSA) is 15.3 Å². The molecule has 2 heteroatoms. The van der Waals surface area contributed by atoms with Crippen LogP contribution in [0.4, 0.5) is 5.69 Å². The Hall–Kier alpha value is -1.02. The first-order valence-corrected chi connectivity index (χ1v) is 4.59. The van der Waals surface area contributed by atoms with Gasteiger partial charge in [-0.25, -0.2) is 0 Å². The molecule has 0 radical (unpaired) electrons. The van der Waals surface area contributed by atoms with E-state index in [0.717, 1.165) is 0 Å². The molecule has 2 nitrogen and oxygen atoms in total. The maximum atomic E-state index is 3.39. The molecule has 0 spiro atoms. The van der Waals surface area contributed by atoms with Crippen molar-refractivity contribution in [2.24, 2.45) is 0 Å². The molecule has 1 atom stereocenters. The maximum Gasteiger partial charge on any atom is 0.0759 e. The Kier molecular flexibility index (Phi) is 3.32. The van der Waals surface area contributed by atoms with E-state index in [4.69, 9.17) is 0 Å². The summed E-state index contributed by atoms with van der Waals surface area (Å²) in [5, 5.41) is 3.39. The van der Waals surface area contributed by atoms with E-state index >= 15 is 0 Å². The van der Waals surface area contributed by atoms with E-state index in [2.05, 4.69) is 62.4 Å². The Morgan fingerprint density at radius 1 is 1.15 bits per heavy atom. The van der Waals surface area contributed by atoms with Crippen LogP contribution in [-0.4, -0.2) is 25.2 Å². The lowest BCUT2D eigenvalue weighted by Gasteiger charge is -2.22. The second-order valence-corrected chi connectivity index (χ2v) is 3.65. The molecule has 0 aliphatic rings. The first-order chi connectivity index (χ1) is 6.09. The van der Waals surface area contributed by atoms with Gasteiger partial charge in [0.2, 0.25) is 0 Å². The molecular weight excluding hydrogens is 160 g/mol. The predicted octanol–water partition coefficient (Wildman–Crippen LogP) is 2.31. The summed E-state index contributed by atoms with van der Waals surface area (Å²) in [6, 6.07) is 8.44. The van der Waals surface area contributed by atoms with Gasteiger partial charge in [0.15, 0.2) is 0 Å². The van der Waals surface area contributed by atoms with Crippen LogP contribution in [0, 0.1) is 6.92 Å². The van der Waals surface area contributed by atoms with Gasteiger partial charge >= 0.3 is 0 Å². The highest BCUT2D eigenvalue weighted by Crippen LogP contribution is 2.10. The van der Waals surface area contributed by atoms with E-state index < -0.39 is 0 Å². The fraction of sp³-hybridized carbons (Fsp3) is 0.455. The van der Waals surface area contributed by atoms with Gasteiger partial charge < -0.3 is 5.32 Å². The number of nitrogens with zero attached hydrogens (tertiary/aromatic N) is 1. The largest absolute Gasteiger partial charge is 0.370 e. The standard InChI is InChI=1S/C11H18N2/c1-9-5-7-11(8-6-9)12-10(2)13(3)4/h5-8,10,12H,1-4H3. The minimum atomic E-state index is 0.364. The summed E-state index contributed by atoms with van der Waals surface area (Å²) >= 11 is 0. The lowest BCUT2D eigenvalue weighted by Crippen LogP contribution is -2.31. The Labute approximate surface area is 80.6 Å². The van der Waals surface area contributed by atoms with Crippen molar-refractivity contribution in [3.63, 3.8) is 0 Å². The van der Waals surface area contributed by atoms with Gasteiger partial charge in [0.1, 0.15) is 0 Å². The molecule has 0 fully saturated rings. The Balaban J connectivity index is 2.59. The molecule has 0 amide bonds. The highest BCUT2D eigenvalue weighted by molar-refractivity contribution is 5.44. The predicted molar refractivity (Wildman–Crippen MR) is 58.0 cm³/mol. The summed E-state index contributed by atoms with van der Waals surface area (Å²) in [6.45, 7) is 4.24. The smallest absolute Gasteiger partial charge is 0.0759 e. The van der Waals surface area contributed by atoms with Crippen LogP contribution in [0.2, 0.25) is 0 Å². The van der Waals surface area contributed by atoms with Crippen molar-refractivity contribution in [3.05, 3.63) is 29.8 Å². The van der Waals surface area contributed by atoms with E-state index in [1.54, 1.807) is 0 Å². The average Bonchev–Trinajstić information content (AvgIpc) is 2.08. The average molecular weight is 178 g/mol. The van der Waals surface area contributed by atoms with Gasteiger partial charge in [0.05, 0.1) is 6.17 Å². The van der Waals surface area contributed by atoms with E-state index in [9.17, 15) is 0 Å². The van der Waals surface area contributed by atoms with E-state index in [1.165, 1.54) is 11.3 Å². The summed E-state index contributed by atoms with van der Waals surface area (Å²) in [4.78, 5) is 2.14. The number of rotatable bonds is 3. The van der Waals surface area contributed by atoms with Gasteiger partial charge in [0.25, 0.3) is 0 Å². The van der Waals surface area contributed by atoms with Crippen molar-refractivity contribution in [2.45, 2.75) is 20.0 Å². The minimum absolute atomic E-state index is 0.364. The van der Waals surface area contributed by atoms with Gasteiger partial charge in [0, 0.05) is 5.69 Å². The van der Waals surface area contributed by atoms with Crippen LogP contribution < -0.4 is 5.32 Å². The zero-order valence-corrected chi connectivity index (χ0v) is 8.83. The molecule has 1 aromatic carbocycles. The zero-order chi connectivity index (χ0) is 9.84. The van der Waals surface area contributed by atoms with E-state index in [-0.39, 0.29) is 0 Å². The molecule has 1 unspecified atom stereocenters. The van der Waals surface area contributed by atoms with Gasteiger partial charge in [-0.15, -0.1) is 0 Å². The Bertz CT molecular complexity index is 251. The minimum Gasteiger partial charge on any atom is -0.370 e. The van der Waals surface area contributed by atoms with Gasteiger partial charge in [-0.05, 0) is 40.1 Å². The third-order valence-electron chi connectivity index (χ3n) is 2.20. The number of nitrogens with one attached hydrogen (secondary N) is 1. The number of anilines is 1. The van der Waals surface area contributed by atoms with Crippen molar-refractivity contribution in [3.8, 4) is 0 Å². The van der Waals surface area contributed by atoms with Crippen molar-refractivity contribution in [1.82, 2.24) is 4.90 Å². The summed E-state index contributed by atoms with van der Waals surface area (Å²) in [5.41, 5.74) is 2.47. The highest BCUT2D eigenvalue weighted by Gasteiger charge is 2.02. The quantitative estimate of drug-likeness (QED) is 0.714. The van der Waals surface area contributed by atoms with Crippen LogP contribution in [0.5, 0.6) is 0 Å². The van der Waals surface area contributed by atoms with E-state index in [1.807, 2.05) is 0 Å². The Morgan fingerprint density at radius 2 is 1.69 bits per heavy atom. The first-order valence-electron chi connectivity index (χ1n) is 4.59. The number of hydrogen-bond donors (Lipinski definition) is 1. The van der Waals surface area contributed by atoms with Crippen molar-refractivity contribution in [2.75, 3.05) is 19.4 Å². The first kappa shape index (κ1) is 10.1. The maximum absolute atomic E-state index is 3.39. The molecule has 0 saturated carbocycles. The van der Waals surface area contributed by atoms with Crippen molar-refractivity contribution < 1.29 is 0 Å². The van der Waals surface area contributed by atoms with Crippen LogP contribution in [0.1, 0.15) is 12.5 Å². The highest BCUT2D eigenvalue weighted by atomic mass is 15.2. The Morgan fingerprint density at radius 3 is 2.15 bits per heavy atom. The van der Waals surface area contributed by atoms with Crippen LogP contribution in [0.3, 0.4) is 0 Å². The van der Waals surface area contributed by atoms with Crippen LogP contribution >= 0.6 is 0 Å². The molecule has 72 valence electrons. The van der Waals surface area contributed by atoms with Gasteiger partial charge in [-0.3, -0.25) is 4.90 Å². The second kappa shape index (κ2) is 4.28. The third kappa shape index (κ3) is 3.07. The van der Waals surface area contributed by atoms with Crippen LogP contribution in [-0.2, 0) is 0 Å². The molecule has 0 aromatic heterocycles. The number of hydrogen-bond acceptors (Lipinski definition) is 2. The van der Waals surface area contributed by atoms with Crippen molar-refractivity contribution >= 4 is 5.69 Å². The summed E-state index contributed by atoms with van der Waals surface area (Å²) in [7, 11) is 4.12. The zero-order valence-electron chi connectivity index (χ0n) is 8.83. The van der Waals surface area contributed by atoms with Crippen LogP contribution in [0.15, 0.2) is 24.3 Å². The molecule has 1 rings (SSSR count). The number of benzene rings is 1. The molecule has 1 aromatic rings. The molecule has 0 aliphatic heterocycles. The second-order valence-electron chi connectivity index (χ2n) is 3.65. The van der Waals surface area contributed by atoms with Gasteiger partial charge in [-0.2, -0.15) is 0 Å². The fourth-order valence-electron chi connectivity index (χ4n) is 1.02. The molecule has 1 N–H and O–H groups in total. The fourth-order valence-corrected chi connectivity index (χ4v) is 1.02. The number of aryl methyl sites for hydroxylation is 1. The van der Waals surface area contributed by atoms with E-state index in [0.29, 0.717) is 6.17 Å². The normalized spacial score (nSPS) is 13.0.